The minimum atomic E-state index is -3.64. The summed E-state index contributed by atoms with van der Waals surface area (Å²) < 4.78 is 27.3. The number of benzene rings is 1. The molecule has 0 radical (unpaired) electrons. The van der Waals surface area contributed by atoms with E-state index in [1.165, 1.54) is 42.5 Å². The first-order chi connectivity index (χ1) is 14.8. The van der Waals surface area contributed by atoms with E-state index in [1.54, 1.807) is 18.2 Å². The maximum absolute atomic E-state index is 13.0. The van der Waals surface area contributed by atoms with Crippen LogP contribution in [-0.2, 0) is 14.8 Å². The van der Waals surface area contributed by atoms with Crippen molar-refractivity contribution in [2.24, 2.45) is 23.7 Å². The van der Waals surface area contributed by atoms with E-state index in [1.807, 2.05) is 4.90 Å². The summed E-state index contributed by atoms with van der Waals surface area (Å²) >= 11 is 6.11. The first kappa shape index (κ1) is 21.7. The number of nitrogens with zero attached hydrogens (tertiary/aromatic N) is 3. The van der Waals surface area contributed by atoms with Gasteiger partial charge in [0.15, 0.2) is 0 Å². The third kappa shape index (κ3) is 4.03. The fourth-order valence-corrected chi connectivity index (χ4v) is 8.92. The largest absolute Gasteiger partial charge is 0.339 e. The van der Waals surface area contributed by atoms with Crippen LogP contribution >= 0.6 is 11.6 Å². The van der Waals surface area contributed by atoms with E-state index in [9.17, 15) is 13.2 Å². The zero-order valence-electron chi connectivity index (χ0n) is 18.1. The fraction of sp³-hybridized carbons (Fsp3) is 0.696. The molecule has 5 fully saturated rings. The molecular weight excluding hydrogens is 434 g/mol. The fourth-order valence-electron chi connectivity index (χ4n) is 7.01. The monoisotopic (exact) mass is 465 g/mol. The van der Waals surface area contributed by atoms with Crippen LogP contribution in [0, 0.1) is 23.7 Å². The average molecular weight is 466 g/mol. The van der Waals surface area contributed by atoms with Crippen LogP contribution in [0.25, 0.3) is 0 Å². The lowest BCUT2D eigenvalue weighted by Crippen LogP contribution is -2.57. The molecule has 4 aliphatic carbocycles. The first-order valence-corrected chi connectivity index (χ1v) is 13.4. The van der Waals surface area contributed by atoms with Gasteiger partial charge in [-0.2, -0.15) is 4.31 Å². The Kier molecular flexibility index (Phi) is 5.82. The molecular formula is C23H32ClN3O3S. The van der Waals surface area contributed by atoms with E-state index in [4.69, 9.17) is 11.6 Å². The second-order valence-corrected chi connectivity index (χ2v) is 12.4. The maximum atomic E-state index is 13.0. The van der Waals surface area contributed by atoms with Gasteiger partial charge in [0.2, 0.25) is 15.9 Å². The Balaban J connectivity index is 1.18. The van der Waals surface area contributed by atoms with Crippen LogP contribution in [0.1, 0.15) is 32.1 Å². The molecule has 0 atom stereocenters. The predicted molar refractivity (Wildman–Crippen MR) is 120 cm³/mol. The lowest BCUT2D eigenvalue weighted by atomic mass is 9.54. The number of amides is 1. The highest BCUT2D eigenvalue weighted by Gasteiger charge is 2.49. The van der Waals surface area contributed by atoms with Crippen LogP contribution in [0.5, 0.6) is 0 Å². The third-order valence-corrected chi connectivity index (χ3v) is 10.5. The number of hydrogen-bond donors (Lipinski definition) is 0. The van der Waals surface area contributed by atoms with Gasteiger partial charge in [-0.25, -0.2) is 8.42 Å². The van der Waals surface area contributed by atoms with Crippen molar-refractivity contribution in [3.05, 3.63) is 29.3 Å². The Morgan fingerprint density at radius 1 is 1.00 bits per heavy atom. The van der Waals surface area contributed by atoms with Crippen molar-refractivity contribution in [3.63, 3.8) is 0 Å². The van der Waals surface area contributed by atoms with Crippen LogP contribution in [0.4, 0.5) is 0 Å². The van der Waals surface area contributed by atoms with Crippen molar-refractivity contribution in [2.45, 2.75) is 43.0 Å². The van der Waals surface area contributed by atoms with E-state index in [0.717, 1.165) is 23.7 Å². The SMILES string of the molecule is CN(CC(=O)N1CCN(S(=O)(=O)c2ccccc2Cl)CC1)C1C2CC3CC(C2)CC1C3. The van der Waals surface area contributed by atoms with Gasteiger partial charge in [0, 0.05) is 32.2 Å². The topological polar surface area (TPSA) is 60.9 Å². The predicted octanol–water partition coefficient (Wildman–Crippen LogP) is 2.93. The third-order valence-electron chi connectivity index (χ3n) is 8.12. The average Bonchev–Trinajstić information content (AvgIpc) is 2.73. The molecule has 1 aliphatic heterocycles. The van der Waals surface area contributed by atoms with Crippen molar-refractivity contribution >= 4 is 27.5 Å². The molecule has 8 heteroatoms. The van der Waals surface area contributed by atoms with Gasteiger partial charge in [-0.05, 0) is 75.0 Å². The molecule has 6 nitrogen and oxygen atoms in total. The van der Waals surface area contributed by atoms with Crippen molar-refractivity contribution in [1.82, 2.24) is 14.1 Å². The number of carbonyl (C=O) groups is 1. The smallest absolute Gasteiger partial charge is 0.244 e. The summed E-state index contributed by atoms with van der Waals surface area (Å²) in [6.45, 7) is 1.91. The van der Waals surface area contributed by atoms with E-state index >= 15 is 0 Å². The molecule has 1 aromatic carbocycles. The second-order valence-electron chi connectivity index (χ2n) is 10.1. The molecule has 0 spiro atoms. The van der Waals surface area contributed by atoms with Crippen LogP contribution in [0.2, 0.25) is 5.02 Å². The van der Waals surface area contributed by atoms with Crippen molar-refractivity contribution in [1.29, 1.82) is 0 Å². The number of carbonyl (C=O) groups excluding carboxylic acids is 1. The quantitative estimate of drug-likeness (QED) is 0.670. The molecule has 0 unspecified atom stereocenters. The van der Waals surface area contributed by atoms with Gasteiger partial charge < -0.3 is 4.90 Å². The van der Waals surface area contributed by atoms with Gasteiger partial charge in [-0.15, -0.1) is 0 Å². The number of rotatable bonds is 5. The minimum Gasteiger partial charge on any atom is -0.339 e. The standard InChI is InChI=1S/C23H32ClN3O3S/c1-25(23-18-11-16-10-17(13-18)14-19(23)12-16)15-22(28)26-6-8-27(9-7-26)31(29,30)21-5-3-2-4-20(21)24/h2-5,16-19,23H,6-15H2,1H3. The molecule has 1 amide bonds. The Morgan fingerprint density at radius 2 is 1.58 bits per heavy atom. The van der Waals surface area contributed by atoms with Gasteiger partial charge in [-0.1, -0.05) is 23.7 Å². The number of hydrogen-bond acceptors (Lipinski definition) is 4. The van der Waals surface area contributed by atoms with Gasteiger partial charge in [0.25, 0.3) is 0 Å². The molecule has 1 heterocycles. The van der Waals surface area contributed by atoms with Gasteiger partial charge in [0.1, 0.15) is 4.90 Å². The molecule has 5 aliphatic rings. The molecule has 1 aromatic rings. The first-order valence-electron chi connectivity index (χ1n) is 11.6. The van der Waals surface area contributed by atoms with Gasteiger partial charge in [-0.3, -0.25) is 9.69 Å². The molecule has 1 saturated heterocycles. The zero-order chi connectivity index (χ0) is 21.8. The number of piperazine rings is 1. The summed E-state index contributed by atoms with van der Waals surface area (Å²) in [5.74, 6) is 3.48. The molecule has 31 heavy (non-hydrogen) atoms. The Bertz CT molecular complexity index is 917. The molecule has 170 valence electrons. The summed E-state index contributed by atoms with van der Waals surface area (Å²) in [5.41, 5.74) is 0. The van der Waals surface area contributed by atoms with Crippen LogP contribution in [-0.4, -0.2) is 74.2 Å². The summed E-state index contributed by atoms with van der Waals surface area (Å²) in [5, 5.41) is 0.235. The molecule has 4 saturated carbocycles. The summed E-state index contributed by atoms with van der Waals surface area (Å²) in [7, 11) is -1.53. The van der Waals surface area contributed by atoms with E-state index < -0.39 is 10.0 Å². The highest BCUT2D eigenvalue weighted by atomic mass is 35.5. The zero-order valence-corrected chi connectivity index (χ0v) is 19.7. The number of likely N-dealkylation sites (N-methyl/N-ethyl adjacent to an activating group) is 1. The molecule has 6 rings (SSSR count). The minimum absolute atomic E-state index is 0.117. The summed E-state index contributed by atoms with van der Waals surface area (Å²) in [4.78, 5) is 17.3. The lowest BCUT2D eigenvalue weighted by Gasteiger charge is -2.56. The van der Waals surface area contributed by atoms with Gasteiger partial charge >= 0.3 is 0 Å². The molecule has 0 N–H and O–H groups in total. The molecule has 4 bridgehead atoms. The number of halogens is 1. The lowest BCUT2D eigenvalue weighted by molar-refractivity contribution is -0.136. The van der Waals surface area contributed by atoms with Crippen molar-refractivity contribution < 1.29 is 13.2 Å². The summed E-state index contributed by atoms with van der Waals surface area (Å²) in [6.07, 6.45) is 6.80. The van der Waals surface area contributed by atoms with Crippen LogP contribution < -0.4 is 0 Å². The van der Waals surface area contributed by atoms with Crippen LogP contribution in [0.15, 0.2) is 29.2 Å². The summed E-state index contributed by atoms with van der Waals surface area (Å²) in [6, 6.07) is 7.07. The van der Waals surface area contributed by atoms with Crippen molar-refractivity contribution in [2.75, 3.05) is 39.8 Å². The Hall–Kier alpha value is -1.15. The van der Waals surface area contributed by atoms with Crippen molar-refractivity contribution in [3.8, 4) is 0 Å². The van der Waals surface area contributed by atoms with E-state index in [-0.39, 0.29) is 15.8 Å². The highest BCUT2D eigenvalue weighted by molar-refractivity contribution is 7.89. The van der Waals surface area contributed by atoms with Gasteiger partial charge in [0.05, 0.1) is 11.6 Å². The maximum Gasteiger partial charge on any atom is 0.244 e. The normalized spacial score (nSPS) is 33.3. The van der Waals surface area contributed by atoms with E-state index in [2.05, 4.69) is 11.9 Å². The Labute approximate surface area is 190 Å². The highest BCUT2D eigenvalue weighted by Crippen LogP contribution is 2.54. The number of sulfonamides is 1. The Morgan fingerprint density at radius 3 is 2.16 bits per heavy atom. The van der Waals surface area contributed by atoms with E-state index in [0.29, 0.717) is 38.8 Å². The van der Waals surface area contributed by atoms with Crippen LogP contribution in [0.3, 0.4) is 0 Å². The molecule has 0 aromatic heterocycles. The second kappa shape index (κ2) is 8.32.